The number of anilines is 1. The molecule has 1 rings (SSSR count). The van der Waals surface area contributed by atoms with Crippen LogP contribution in [-0.4, -0.2) is 28.3 Å². The van der Waals surface area contributed by atoms with Gasteiger partial charge >= 0.3 is 5.97 Å². The maximum Gasteiger partial charge on any atom is 0.375 e. The van der Waals surface area contributed by atoms with Gasteiger partial charge in [0, 0.05) is 0 Å². The van der Waals surface area contributed by atoms with Gasteiger partial charge in [0.05, 0.1) is 7.11 Å². The fourth-order valence-electron chi connectivity index (χ4n) is 0.514. The van der Waals surface area contributed by atoms with Crippen LogP contribution in [0.1, 0.15) is 10.6 Å². The van der Waals surface area contributed by atoms with Gasteiger partial charge in [0.15, 0.2) is 0 Å². The molecule has 0 unspecified atom stereocenters. The van der Waals surface area contributed by atoms with Crippen molar-refractivity contribution in [2.24, 2.45) is 5.84 Å². The third kappa shape index (κ3) is 1.44. The Kier molecular flexibility index (Phi) is 2.02. The lowest BCUT2D eigenvalue weighted by Crippen LogP contribution is -2.08. The third-order valence-electron chi connectivity index (χ3n) is 0.993. The van der Waals surface area contributed by atoms with Gasteiger partial charge in [-0.05, 0) is 0 Å². The molecule has 0 saturated heterocycles. The lowest BCUT2D eigenvalue weighted by molar-refractivity contribution is 0.0587. The van der Waals surface area contributed by atoms with Crippen LogP contribution < -0.4 is 11.3 Å². The second-order valence-corrected chi connectivity index (χ2v) is 1.64. The van der Waals surface area contributed by atoms with Gasteiger partial charge in [0.25, 0.3) is 5.95 Å². The number of methoxy groups -OCH3 is 1. The van der Waals surface area contributed by atoms with Crippen molar-refractivity contribution in [3.8, 4) is 0 Å². The standard InChI is InChI=1S/C4H7N5O2/c1-11-3(10)2-6-4(7-5)9-8-2/h5H2,1H3,(H2,6,7,8,9). The lowest BCUT2D eigenvalue weighted by atomic mass is 10.6. The maximum atomic E-state index is 10.7. The molecule has 0 aliphatic rings. The van der Waals surface area contributed by atoms with Gasteiger partial charge in [-0.2, -0.15) is 4.98 Å². The van der Waals surface area contributed by atoms with Crippen LogP contribution in [0.3, 0.4) is 0 Å². The summed E-state index contributed by atoms with van der Waals surface area (Å²) in [6.45, 7) is 0. The number of carbonyl (C=O) groups is 1. The summed E-state index contributed by atoms with van der Waals surface area (Å²) < 4.78 is 4.35. The van der Waals surface area contributed by atoms with Gasteiger partial charge in [-0.15, -0.1) is 5.10 Å². The first kappa shape index (κ1) is 7.48. The van der Waals surface area contributed by atoms with Crippen molar-refractivity contribution < 1.29 is 9.53 Å². The molecule has 0 saturated carbocycles. The van der Waals surface area contributed by atoms with E-state index >= 15 is 0 Å². The highest BCUT2D eigenvalue weighted by Crippen LogP contribution is 1.96. The summed E-state index contributed by atoms with van der Waals surface area (Å²) in [6, 6.07) is 0. The minimum absolute atomic E-state index is 0.0143. The molecular formula is C4H7N5O2. The fourth-order valence-corrected chi connectivity index (χ4v) is 0.514. The van der Waals surface area contributed by atoms with Crippen LogP contribution in [0.15, 0.2) is 0 Å². The summed E-state index contributed by atoms with van der Waals surface area (Å²) in [7, 11) is 1.25. The van der Waals surface area contributed by atoms with Gasteiger partial charge in [0.1, 0.15) is 0 Å². The molecule has 1 aromatic rings. The van der Waals surface area contributed by atoms with Crippen LogP contribution in [0.2, 0.25) is 0 Å². The number of H-pyrrole nitrogens is 1. The van der Waals surface area contributed by atoms with Crippen LogP contribution in [-0.2, 0) is 4.74 Å². The highest BCUT2D eigenvalue weighted by atomic mass is 16.5. The molecule has 0 aliphatic carbocycles. The zero-order valence-corrected chi connectivity index (χ0v) is 5.79. The topological polar surface area (TPSA) is 106 Å². The monoisotopic (exact) mass is 157 g/mol. The summed E-state index contributed by atoms with van der Waals surface area (Å²) in [5.74, 6) is 4.53. The summed E-state index contributed by atoms with van der Waals surface area (Å²) in [4.78, 5) is 14.3. The van der Waals surface area contributed by atoms with Crippen molar-refractivity contribution in [3.05, 3.63) is 5.82 Å². The molecule has 0 bridgehead atoms. The molecule has 0 amide bonds. The number of rotatable bonds is 2. The number of nitrogens with two attached hydrogens (primary N) is 1. The van der Waals surface area contributed by atoms with Crippen LogP contribution in [0.4, 0.5) is 5.95 Å². The van der Waals surface area contributed by atoms with Crippen molar-refractivity contribution in [2.45, 2.75) is 0 Å². The van der Waals surface area contributed by atoms with Gasteiger partial charge in [-0.3, -0.25) is 10.5 Å². The van der Waals surface area contributed by atoms with Crippen molar-refractivity contribution >= 4 is 11.9 Å². The van der Waals surface area contributed by atoms with Gasteiger partial charge in [0.2, 0.25) is 5.82 Å². The Morgan fingerprint density at radius 3 is 3.00 bits per heavy atom. The number of hydrazine groups is 1. The number of esters is 1. The normalized spacial score (nSPS) is 9.27. The molecule has 11 heavy (non-hydrogen) atoms. The number of hydrogen-bond donors (Lipinski definition) is 3. The summed E-state index contributed by atoms with van der Waals surface area (Å²) in [5, 5.41) is 5.86. The van der Waals surface area contributed by atoms with E-state index in [0.717, 1.165) is 0 Å². The van der Waals surface area contributed by atoms with E-state index in [-0.39, 0.29) is 11.8 Å². The van der Waals surface area contributed by atoms with E-state index in [1.54, 1.807) is 0 Å². The third-order valence-corrected chi connectivity index (χ3v) is 0.993. The number of aromatic nitrogens is 3. The molecule has 7 nitrogen and oxygen atoms in total. The summed E-state index contributed by atoms with van der Waals surface area (Å²) >= 11 is 0. The van der Waals surface area contributed by atoms with Crippen molar-refractivity contribution in [3.63, 3.8) is 0 Å². The number of aromatic amines is 1. The molecule has 0 spiro atoms. The van der Waals surface area contributed by atoms with Crippen molar-refractivity contribution in [1.29, 1.82) is 0 Å². The highest BCUT2D eigenvalue weighted by Gasteiger charge is 2.10. The smallest absolute Gasteiger partial charge is 0.375 e. The first-order chi connectivity index (χ1) is 5.27. The number of nitrogens with zero attached hydrogens (tertiary/aromatic N) is 2. The Morgan fingerprint density at radius 2 is 2.55 bits per heavy atom. The Labute approximate surface area is 61.9 Å². The molecule has 60 valence electrons. The Morgan fingerprint density at radius 1 is 1.82 bits per heavy atom. The summed E-state index contributed by atoms with van der Waals surface area (Å²) in [5.41, 5.74) is 2.17. The summed E-state index contributed by atoms with van der Waals surface area (Å²) in [6.07, 6.45) is 0. The van der Waals surface area contributed by atoms with E-state index in [4.69, 9.17) is 5.84 Å². The molecule has 1 heterocycles. The molecule has 7 heteroatoms. The van der Waals surface area contributed by atoms with Gasteiger partial charge < -0.3 is 4.74 Å². The first-order valence-corrected chi connectivity index (χ1v) is 2.75. The van der Waals surface area contributed by atoms with Gasteiger partial charge in [-0.1, -0.05) is 0 Å². The van der Waals surface area contributed by atoms with Crippen LogP contribution in [0, 0.1) is 0 Å². The molecule has 4 N–H and O–H groups in total. The molecule has 0 radical (unpaired) electrons. The van der Waals surface area contributed by atoms with E-state index in [1.165, 1.54) is 7.11 Å². The second kappa shape index (κ2) is 2.97. The minimum Gasteiger partial charge on any atom is -0.463 e. The van der Waals surface area contributed by atoms with E-state index < -0.39 is 5.97 Å². The number of hydrogen-bond acceptors (Lipinski definition) is 6. The number of carbonyl (C=O) groups excluding carboxylic acids is 1. The highest BCUT2D eigenvalue weighted by molar-refractivity contribution is 5.85. The predicted octanol–water partition coefficient (Wildman–Crippen LogP) is -1.12. The fraction of sp³-hybridized carbons (Fsp3) is 0.250. The maximum absolute atomic E-state index is 10.7. The number of ether oxygens (including phenoxy) is 1. The Bertz CT molecular complexity index is 257. The van der Waals surface area contributed by atoms with E-state index in [0.29, 0.717) is 0 Å². The zero-order valence-electron chi connectivity index (χ0n) is 5.79. The molecule has 0 fully saturated rings. The predicted molar refractivity (Wildman–Crippen MR) is 35.5 cm³/mol. The quantitative estimate of drug-likeness (QED) is 0.285. The molecule has 1 aromatic heterocycles. The SMILES string of the molecule is COC(=O)c1nc(NN)n[nH]1. The molecule has 0 aromatic carbocycles. The molecule has 0 atom stereocenters. The van der Waals surface area contributed by atoms with E-state index in [2.05, 4.69) is 25.3 Å². The Balaban J connectivity index is 2.80. The zero-order chi connectivity index (χ0) is 8.27. The van der Waals surface area contributed by atoms with Gasteiger partial charge in [-0.25, -0.2) is 10.6 Å². The van der Waals surface area contributed by atoms with Crippen molar-refractivity contribution in [1.82, 2.24) is 15.2 Å². The largest absolute Gasteiger partial charge is 0.463 e. The van der Waals surface area contributed by atoms with E-state index in [1.807, 2.05) is 0 Å². The van der Waals surface area contributed by atoms with E-state index in [9.17, 15) is 4.79 Å². The molecule has 0 aliphatic heterocycles. The second-order valence-electron chi connectivity index (χ2n) is 1.64. The average Bonchev–Trinajstić information content (AvgIpc) is 2.50. The van der Waals surface area contributed by atoms with Crippen LogP contribution in [0.5, 0.6) is 0 Å². The molecular weight excluding hydrogens is 150 g/mol. The van der Waals surface area contributed by atoms with Crippen molar-refractivity contribution in [2.75, 3.05) is 12.5 Å². The first-order valence-electron chi connectivity index (χ1n) is 2.75. The lowest BCUT2D eigenvalue weighted by Gasteiger charge is -1.89. The van der Waals surface area contributed by atoms with Crippen LogP contribution in [0.25, 0.3) is 0 Å². The van der Waals surface area contributed by atoms with Crippen LogP contribution >= 0.6 is 0 Å². The number of nitrogen functional groups attached to an aromatic ring is 1. The number of nitrogens with one attached hydrogen (secondary N) is 2. The minimum atomic E-state index is -0.584. The Hall–Kier alpha value is -1.63. The average molecular weight is 157 g/mol.